The highest BCUT2D eigenvalue weighted by molar-refractivity contribution is 6.14. The van der Waals surface area contributed by atoms with Gasteiger partial charge in [-0.3, -0.25) is 0 Å². The summed E-state index contributed by atoms with van der Waals surface area (Å²) in [7, 11) is 0. The summed E-state index contributed by atoms with van der Waals surface area (Å²) in [6, 6.07) is 63.6. The Labute approximate surface area is 374 Å². The van der Waals surface area contributed by atoms with Crippen LogP contribution in [0.4, 0.5) is 0 Å². The van der Waals surface area contributed by atoms with Crippen molar-refractivity contribution in [2.24, 2.45) is 0 Å². The van der Waals surface area contributed by atoms with E-state index in [0.717, 1.165) is 77.2 Å². The van der Waals surface area contributed by atoms with Crippen LogP contribution in [0.15, 0.2) is 236 Å². The summed E-state index contributed by atoms with van der Waals surface area (Å²) in [6.07, 6.45) is 0. The predicted molar refractivity (Wildman–Crippen MR) is 266 cm³/mol. The molecule has 0 atom stereocenters. The van der Waals surface area contributed by atoms with Gasteiger partial charge in [0.05, 0.1) is 42.7 Å². The number of para-hydroxylation sites is 3. The van der Waals surface area contributed by atoms with Crippen molar-refractivity contribution >= 4 is 65.4 Å². The average Bonchev–Trinajstić information content (AvgIpc) is 4.06. The summed E-state index contributed by atoms with van der Waals surface area (Å²) in [6.45, 7) is 0. The Bertz CT molecular complexity index is 4290. The molecule has 0 N–H and O–H groups in total. The van der Waals surface area contributed by atoms with Crippen LogP contribution in [-0.4, -0.2) is 13.7 Å². The molecule has 63 heavy (non-hydrogen) atoms. The molecule has 3 heterocycles. The largest absolute Gasteiger partial charge is 0.309 e. The van der Waals surface area contributed by atoms with E-state index in [0.29, 0.717) is 11.3 Å². The van der Waals surface area contributed by atoms with E-state index in [4.69, 9.17) is 2.74 Å². The number of aromatic nitrogens is 3. The Morgan fingerprint density at radius 1 is 0.254 bits per heavy atom. The van der Waals surface area contributed by atoms with Gasteiger partial charge in [-0.1, -0.05) is 152 Å². The van der Waals surface area contributed by atoms with Gasteiger partial charge >= 0.3 is 0 Å². The molecule has 0 aliphatic carbocycles. The third kappa shape index (κ3) is 5.60. The molecule has 0 unspecified atom stereocenters. The smallest absolute Gasteiger partial charge is 0.0645 e. The van der Waals surface area contributed by atoms with Gasteiger partial charge in [-0.05, 0) is 118 Å². The fraction of sp³-hybridized carbons (Fsp3) is 0. The quantitative estimate of drug-likeness (QED) is 0.159. The van der Waals surface area contributed by atoms with Crippen LogP contribution in [0.5, 0.6) is 0 Å². The molecule has 0 spiro atoms. The number of hydrogen-bond donors (Lipinski definition) is 0. The van der Waals surface area contributed by atoms with Gasteiger partial charge in [-0.2, -0.15) is 0 Å². The van der Waals surface area contributed by atoms with Crippen molar-refractivity contribution < 1.29 is 9.60 Å². The van der Waals surface area contributed by atoms with Crippen molar-refractivity contribution in [3.8, 4) is 50.4 Å². The molecule has 3 aromatic heterocycles. The maximum atomic E-state index is 10.0. The van der Waals surface area contributed by atoms with Crippen molar-refractivity contribution in [3.05, 3.63) is 236 Å². The molecule has 13 aromatic rings. The summed E-state index contributed by atoms with van der Waals surface area (Å²) in [4.78, 5) is 0. The van der Waals surface area contributed by atoms with Crippen LogP contribution >= 0.6 is 0 Å². The SMILES string of the molecule is [2H]c1c([2H])c([2H])c2c(c1[2H])c1c([2H])c(-c3ccc4c(c3)c3ccc(-c5ccccc5)cc3n4-c3ccc(-c4ccccc4)cc3)c([2H])c([2H])c1n2-c1ccc2c(c1)c1ccccc1n2-c1ccccc1. The number of benzene rings is 10. The Hall–Kier alpha value is -8.40. The topological polar surface area (TPSA) is 14.8 Å². The van der Waals surface area contributed by atoms with Crippen LogP contribution in [-0.2, 0) is 0 Å². The van der Waals surface area contributed by atoms with E-state index in [-0.39, 0.29) is 57.6 Å². The lowest BCUT2D eigenvalue weighted by Gasteiger charge is -2.11. The second kappa shape index (κ2) is 14.1. The molecule has 13 rings (SSSR count). The van der Waals surface area contributed by atoms with Crippen molar-refractivity contribution in [3.63, 3.8) is 0 Å². The molecule has 0 amide bonds. The molecule has 0 radical (unpaired) electrons. The summed E-state index contributed by atoms with van der Waals surface area (Å²) >= 11 is 0. The average molecular weight is 809 g/mol. The van der Waals surface area contributed by atoms with Gasteiger partial charge in [0.2, 0.25) is 0 Å². The van der Waals surface area contributed by atoms with E-state index in [1.54, 1.807) is 4.57 Å². The Morgan fingerprint density at radius 3 is 1.56 bits per heavy atom. The van der Waals surface area contributed by atoms with Crippen LogP contribution < -0.4 is 0 Å². The third-order valence-corrected chi connectivity index (χ3v) is 12.5. The fourth-order valence-electron chi connectivity index (χ4n) is 9.57. The highest BCUT2D eigenvalue weighted by Gasteiger charge is 2.19. The monoisotopic (exact) mass is 808 g/mol. The third-order valence-electron chi connectivity index (χ3n) is 12.5. The fourth-order valence-corrected chi connectivity index (χ4v) is 9.57. The molecule has 0 saturated carbocycles. The van der Waals surface area contributed by atoms with Gasteiger partial charge < -0.3 is 13.7 Å². The standard InChI is InChI=1S/C60H39N3/c1-4-14-40(15-5-1)42-24-29-47(30-25-42)62-57-33-27-44(37-53(57)51-32-26-45(38-60(51)62)41-16-6-2-7-17-41)43-28-34-58-52(36-43)49-20-10-13-23-56(49)63(58)48-31-35-59-54(39-48)50-21-11-12-22-55(50)61(59)46-18-8-3-9-19-46/h1-39H/i10D,13D,20D,23D,28D,34D,36D. The van der Waals surface area contributed by atoms with Gasteiger partial charge in [0, 0.05) is 49.4 Å². The molecule has 0 bridgehead atoms. The lowest BCUT2D eigenvalue weighted by Crippen LogP contribution is -1.95. The summed E-state index contributed by atoms with van der Waals surface area (Å²) < 4.78 is 72.1. The zero-order chi connectivity index (χ0) is 47.5. The van der Waals surface area contributed by atoms with E-state index in [2.05, 4.69) is 100 Å². The lowest BCUT2D eigenvalue weighted by molar-refractivity contribution is 1.17. The molecule has 0 fully saturated rings. The molecular formula is C60H39N3. The molecule has 3 heteroatoms. The molecular weight excluding hydrogens is 763 g/mol. The maximum Gasteiger partial charge on any atom is 0.0645 e. The van der Waals surface area contributed by atoms with Crippen molar-refractivity contribution in [2.45, 2.75) is 0 Å². The van der Waals surface area contributed by atoms with E-state index in [9.17, 15) is 6.85 Å². The molecule has 0 saturated heterocycles. The predicted octanol–water partition coefficient (Wildman–Crippen LogP) is 16.0. The van der Waals surface area contributed by atoms with Gasteiger partial charge in [-0.15, -0.1) is 0 Å². The minimum atomic E-state index is -0.429. The van der Waals surface area contributed by atoms with E-state index in [1.165, 1.54) is 0 Å². The van der Waals surface area contributed by atoms with Gasteiger partial charge in [-0.25, -0.2) is 0 Å². The normalized spacial score (nSPS) is 13.4. The summed E-state index contributed by atoms with van der Waals surface area (Å²) in [5.74, 6) is 0. The molecule has 10 aromatic carbocycles. The second-order valence-corrected chi connectivity index (χ2v) is 16.0. The Balaban J connectivity index is 1.05. The Kier molecular flexibility index (Phi) is 6.48. The van der Waals surface area contributed by atoms with Crippen LogP contribution in [0, 0.1) is 0 Å². The lowest BCUT2D eigenvalue weighted by atomic mass is 9.99. The molecule has 0 aliphatic heterocycles. The number of fused-ring (bicyclic) bond motifs is 9. The first-order chi connectivity index (χ1) is 34.2. The number of hydrogen-bond acceptors (Lipinski definition) is 0. The summed E-state index contributed by atoms with van der Waals surface area (Å²) in [5, 5.41) is 4.10. The van der Waals surface area contributed by atoms with Gasteiger partial charge in [0.15, 0.2) is 0 Å². The van der Waals surface area contributed by atoms with Crippen LogP contribution in [0.3, 0.4) is 0 Å². The highest BCUT2D eigenvalue weighted by atomic mass is 15.0. The van der Waals surface area contributed by atoms with Crippen LogP contribution in [0.25, 0.3) is 116 Å². The summed E-state index contributed by atoms with van der Waals surface area (Å²) in [5.41, 5.74) is 11.8. The molecule has 0 aliphatic rings. The zero-order valence-electron chi connectivity index (χ0n) is 40.8. The van der Waals surface area contributed by atoms with E-state index in [1.807, 2.05) is 103 Å². The minimum Gasteiger partial charge on any atom is -0.309 e. The number of rotatable bonds is 6. The van der Waals surface area contributed by atoms with Crippen molar-refractivity contribution in [1.82, 2.24) is 13.7 Å². The van der Waals surface area contributed by atoms with Crippen LogP contribution in [0.1, 0.15) is 9.60 Å². The van der Waals surface area contributed by atoms with Crippen molar-refractivity contribution in [2.75, 3.05) is 0 Å². The first-order valence-electron chi connectivity index (χ1n) is 24.6. The Morgan fingerprint density at radius 2 is 0.762 bits per heavy atom. The second-order valence-electron chi connectivity index (χ2n) is 16.0. The zero-order valence-corrected chi connectivity index (χ0v) is 33.8. The highest BCUT2D eigenvalue weighted by Crippen LogP contribution is 2.41. The molecule has 3 nitrogen and oxygen atoms in total. The number of nitrogens with zero attached hydrogens (tertiary/aromatic N) is 3. The van der Waals surface area contributed by atoms with Gasteiger partial charge in [0.1, 0.15) is 0 Å². The van der Waals surface area contributed by atoms with Crippen molar-refractivity contribution in [1.29, 1.82) is 0 Å². The molecule has 294 valence electrons. The minimum absolute atomic E-state index is 0.0857. The van der Waals surface area contributed by atoms with Gasteiger partial charge in [0.25, 0.3) is 0 Å². The van der Waals surface area contributed by atoms with Crippen LogP contribution in [0.2, 0.25) is 0 Å². The van der Waals surface area contributed by atoms with E-state index < -0.39 is 12.1 Å². The first-order valence-corrected chi connectivity index (χ1v) is 21.1. The first kappa shape index (κ1) is 29.0. The maximum absolute atomic E-state index is 10.0. The van der Waals surface area contributed by atoms with E-state index >= 15 is 0 Å².